The van der Waals surface area contributed by atoms with E-state index in [9.17, 15) is 31.2 Å². The van der Waals surface area contributed by atoms with E-state index in [1.165, 1.54) is 12.1 Å². The molecule has 1 aliphatic heterocycles. The maximum Gasteiger partial charge on any atom is 0.416 e. The molecule has 232 valence electrons. The number of anilines is 1. The maximum absolute atomic E-state index is 13.8. The molecule has 0 radical (unpaired) electrons. The van der Waals surface area contributed by atoms with E-state index in [-0.39, 0.29) is 37.4 Å². The Balaban J connectivity index is 1.64. The molecule has 0 aliphatic carbocycles. The van der Waals surface area contributed by atoms with Crippen LogP contribution in [0.25, 0.3) is 0 Å². The van der Waals surface area contributed by atoms with Gasteiger partial charge in [-0.05, 0) is 63.6 Å². The van der Waals surface area contributed by atoms with Gasteiger partial charge in [-0.25, -0.2) is 8.42 Å². The second kappa shape index (κ2) is 11.9. The van der Waals surface area contributed by atoms with Gasteiger partial charge in [0.1, 0.15) is 17.5 Å². The Hall–Kier alpha value is -4.07. The number of esters is 1. The fraction of sp³-hybridized carbons (Fsp3) is 0.414. The van der Waals surface area contributed by atoms with Gasteiger partial charge in [0.15, 0.2) is 0 Å². The quantitative estimate of drug-likeness (QED) is 0.372. The number of nitrogens with zero attached hydrogens (tertiary/aromatic N) is 3. The topological polar surface area (TPSA) is 120 Å². The molecule has 1 amide bonds. The molecule has 0 fully saturated rings. The monoisotopic (exact) mass is 622 g/mol. The molecule has 0 bridgehead atoms. The summed E-state index contributed by atoms with van der Waals surface area (Å²) >= 11 is 0. The number of aryl methyl sites for hydroxylation is 1. The molecular weight excluding hydrogens is 589 g/mol. The Bertz CT molecular complexity index is 1630. The lowest BCUT2D eigenvalue weighted by molar-refractivity contribution is -0.154. The van der Waals surface area contributed by atoms with E-state index in [1.54, 1.807) is 44.8 Å². The van der Waals surface area contributed by atoms with E-state index in [1.807, 2.05) is 6.92 Å². The van der Waals surface area contributed by atoms with Crippen LogP contribution < -0.4 is 14.4 Å². The van der Waals surface area contributed by atoms with Crippen molar-refractivity contribution >= 4 is 27.6 Å². The lowest BCUT2D eigenvalue weighted by Gasteiger charge is -2.35. The SMILES string of the molecule is Cc1c(CNC(=O)C[C@H]2CN(S(=O)(=O)c3cccc(C(F)(F)F)c3)c3cc(CC(=O)OC(C)(C)C)ccc3O2)cnn1C. The molecule has 2 aromatic carbocycles. The van der Waals surface area contributed by atoms with E-state index in [0.29, 0.717) is 11.6 Å². The summed E-state index contributed by atoms with van der Waals surface area (Å²) in [4.78, 5) is 24.7. The summed E-state index contributed by atoms with van der Waals surface area (Å²) in [6.45, 7) is 6.82. The maximum atomic E-state index is 13.8. The second-order valence-corrected chi connectivity index (χ2v) is 13.1. The summed E-state index contributed by atoms with van der Waals surface area (Å²) in [7, 11) is -2.79. The van der Waals surface area contributed by atoms with Gasteiger partial charge in [0, 0.05) is 24.8 Å². The zero-order chi connectivity index (χ0) is 31.7. The third kappa shape index (κ3) is 7.66. The van der Waals surface area contributed by atoms with Gasteiger partial charge in [-0.15, -0.1) is 0 Å². The average molecular weight is 623 g/mol. The predicted molar refractivity (Wildman–Crippen MR) is 151 cm³/mol. The summed E-state index contributed by atoms with van der Waals surface area (Å²) in [5.41, 5.74) is 0.240. The van der Waals surface area contributed by atoms with Gasteiger partial charge in [-0.1, -0.05) is 12.1 Å². The first-order valence-electron chi connectivity index (χ1n) is 13.4. The standard InChI is InChI=1S/C29H33F3N4O6S/c1-18-20(16-34-35(18)5)15-33-26(37)14-22-17-36(43(39,40)23-8-6-7-21(13-23)29(30,31)32)24-11-19(9-10-25(24)41-22)12-27(38)42-28(2,3)4/h6-11,13,16,22H,12,14-15,17H2,1-5H3,(H,33,37)/t22-/m0/s1. The number of amides is 1. The number of hydrogen-bond acceptors (Lipinski definition) is 7. The Labute approximate surface area is 247 Å². The number of aromatic nitrogens is 2. The molecule has 4 rings (SSSR count). The van der Waals surface area contributed by atoms with Gasteiger partial charge in [-0.2, -0.15) is 18.3 Å². The largest absolute Gasteiger partial charge is 0.486 e. The van der Waals surface area contributed by atoms with Crippen LogP contribution in [0.1, 0.15) is 49.6 Å². The highest BCUT2D eigenvalue weighted by Crippen LogP contribution is 2.39. The molecule has 3 aromatic rings. The molecule has 1 N–H and O–H groups in total. The van der Waals surface area contributed by atoms with Crippen LogP contribution in [0.4, 0.5) is 18.9 Å². The van der Waals surface area contributed by atoms with Crippen molar-refractivity contribution in [2.45, 2.75) is 69.9 Å². The molecule has 0 saturated heterocycles. The minimum atomic E-state index is -4.76. The van der Waals surface area contributed by atoms with E-state index in [0.717, 1.165) is 33.8 Å². The number of nitrogens with one attached hydrogen (secondary N) is 1. The number of hydrogen-bond donors (Lipinski definition) is 1. The minimum absolute atomic E-state index is 0.0288. The van der Waals surface area contributed by atoms with E-state index < -0.39 is 50.2 Å². The number of carbonyl (C=O) groups excluding carboxylic acids is 2. The van der Waals surface area contributed by atoms with Gasteiger partial charge in [-0.3, -0.25) is 18.6 Å². The fourth-order valence-corrected chi connectivity index (χ4v) is 6.04. The van der Waals surface area contributed by atoms with Crippen molar-refractivity contribution in [3.63, 3.8) is 0 Å². The summed E-state index contributed by atoms with van der Waals surface area (Å²) in [5, 5.41) is 6.90. The van der Waals surface area contributed by atoms with Crippen molar-refractivity contribution in [2.75, 3.05) is 10.8 Å². The second-order valence-electron chi connectivity index (χ2n) is 11.2. The van der Waals surface area contributed by atoms with Gasteiger partial charge in [0.2, 0.25) is 5.91 Å². The van der Waals surface area contributed by atoms with E-state index in [4.69, 9.17) is 9.47 Å². The zero-order valence-electron chi connectivity index (χ0n) is 24.4. The molecule has 1 atom stereocenters. The van der Waals surface area contributed by atoms with Crippen molar-refractivity contribution in [1.29, 1.82) is 0 Å². The Morgan fingerprint density at radius 2 is 1.86 bits per heavy atom. The van der Waals surface area contributed by atoms with Crippen LogP contribution >= 0.6 is 0 Å². The predicted octanol–water partition coefficient (Wildman–Crippen LogP) is 4.29. The first kappa shape index (κ1) is 31.9. The lowest BCUT2D eigenvalue weighted by Crippen LogP contribution is -2.45. The summed E-state index contributed by atoms with van der Waals surface area (Å²) in [6, 6.07) is 7.88. The molecule has 0 spiro atoms. The number of halogens is 3. The van der Waals surface area contributed by atoms with Crippen molar-refractivity contribution in [1.82, 2.24) is 15.1 Å². The smallest absolute Gasteiger partial charge is 0.416 e. The van der Waals surface area contributed by atoms with Crippen LogP contribution in [0.5, 0.6) is 5.75 Å². The van der Waals surface area contributed by atoms with E-state index in [2.05, 4.69) is 10.4 Å². The normalized spacial score (nSPS) is 15.4. The van der Waals surface area contributed by atoms with Gasteiger partial charge >= 0.3 is 12.1 Å². The Kier molecular flexibility index (Phi) is 8.82. The number of alkyl halides is 3. The number of benzene rings is 2. The summed E-state index contributed by atoms with van der Waals surface area (Å²) in [5.74, 6) is -0.875. The van der Waals surface area contributed by atoms with Crippen molar-refractivity contribution < 1.29 is 40.7 Å². The van der Waals surface area contributed by atoms with Crippen LogP contribution in [0.15, 0.2) is 53.6 Å². The molecule has 0 unspecified atom stereocenters. The number of carbonyl (C=O) groups is 2. The number of fused-ring (bicyclic) bond motifs is 1. The van der Waals surface area contributed by atoms with Crippen LogP contribution in [-0.2, 0) is 50.5 Å². The highest BCUT2D eigenvalue weighted by Gasteiger charge is 2.38. The molecule has 1 aliphatic rings. The number of sulfonamides is 1. The third-order valence-corrected chi connectivity index (χ3v) is 8.47. The van der Waals surface area contributed by atoms with Gasteiger partial charge in [0.05, 0.1) is 41.7 Å². The molecule has 14 heteroatoms. The average Bonchev–Trinajstić information content (AvgIpc) is 3.22. The lowest BCUT2D eigenvalue weighted by atomic mass is 10.1. The van der Waals surface area contributed by atoms with E-state index >= 15 is 0 Å². The van der Waals surface area contributed by atoms with Crippen molar-refractivity contribution in [3.8, 4) is 5.75 Å². The molecule has 43 heavy (non-hydrogen) atoms. The summed E-state index contributed by atoms with van der Waals surface area (Å²) < 4.78 is 81.9. The van der Waals surface area contributed by atoms with Crippen LogP contribution in [-0.4, -0.2) is 48.3 Å². The molecule has 10 nitrogen and oxygen atoms in total. The molecule has 2 heterocycles. The molecular formula is C29H33F3N4O6S. The fourth-order valence-electron chi connectivity index (χ4n) is 4.50. The third-order valence-electron chi connectivity index (χ3n) is 6.70. The Morgan fingerprint density at radius 3 is 2.49 bits per heavy atom. The summed E-state index contributed by atoms with van der Waals surface area (Å²) in [6.07, 6.45) is -4.50. The van der Waals surface area contributed by atoms with Crippen molar-refractivity contribution in [2.24, 2.45) is 7.05 Å². The van der Waals surface area contributed by atoms with Crippen LogP contribution in [0, 0.1) is 6.92 Å². The highest BCUT2D eigenvalue weighted by atomic mass is 32.2. The van der Waals surface area contributed by atoms with Gasteiger partial charge in [0.25, 0.3) is 10.0 Å². The Morgan fingerprint density at radius 1 is 1.14 bits per heavy atom. The number of rotatable bonds is 8. The van der Waals surface area contributed by atoms with Crippen LogP contribution in [0.3, 0.4) is 0 Å². The first-order chi connectivity index (χ1) is 19.9. The van der Waals surface area contributed by atoms with Crippen LogP contribution in [0.2, 0.25) is 0 Å². The number of ether oxygens (including phenoxy) is 2. The minimum Gasteiger partial charge on any atom is -0.486 e. The molecule has 1 aromatic heterocycles. The zero-order valence-corrected chi connectivity index (χ0v) is 25.2. The van der Waals surface area contributed by atoms with Gasteiger partial charge < -0.3 is 14.8 Å². The first-order valence-corrected chi connectivity index (χ1v) is 14.8. The van der Waals surface area contributed by atoms with Crippen molar-refractivity contribution in [3.05, 3.63) is 71.0 Å². The molecule has 0 saturated carbocycles. The highest BCUT2D eigenvalue weighted by molar-refractivity contribution is 7.92.